The van der Waals surface area contributed by atoms with Gasteiger partial charge in [-0.1, -0.05) is 56.6 Å². The van der Waals surface area contributed by atoms with Crippen LogP contribution in [0.15, 0.2) is 65.3 Å². The van der Waals surface area contributed by atoms with E-state index in [1.54, 1.807) is 6.26 Å². The predicted octanol–water partition coefficient (Wildman–Crippen LogP) is 5.98. The molecular formula is C26H32ClNO3. The second-order valence-corrected chi connectivity index (χ2v) is 9.48. The highest BCUT2D eigenvalue weighted by Crippen LogP contribution is 2.23. The van der Waals surface area contributed by atoms with E-state index in [1.807, 2.05) is 37.3 Å². The van der Waals surface area contributed by atoms with Gasteiger partial charge in [0.05, 0.1) is 12.8 Å². The molecule has 0 radical (unpaired) electrons. The van der Waals surface area contributed by atoms with Crippen LogP contribution in [-0.4, -0.2) is 29.3 Å². The Bertz CT molecular complexity index is 946. The number of hydrogen-bond donors (Lipinski definition) is 1. The Kier molecular flexibility index (Phi) is 7.82. The fourth-order valence-electron chi connectivity index (χ4n) is 3.43. The maximum Gasteiger partial charge on any atom is 0.119 e. The molecule has 0 aliphatic rings. The van der Waals surface area contributed by atoms with Crippen molar-refractivity contribution in [3.8, 4) is 5.75 Å². The minimum atomic E-state index is -0.639. The lowest BCUT2D eigenvalue weighted by molar-refractivity contribution is 0.0604. The average Bonchev–Trinajstić information content (AvgIpc) is 3.21. The average molecular weight is 442 g/mol. The van der Waals surface area contributed by atoms with Gasteiger partial charge in [-0.3, -0.25) is 4.90 Å². The zero-order chi connectivity index (χ0) is 22.4. The zero-order valence-electron chi connectivity index (χ0n) is 18.8. The first-order chi connectivity index (χ1) is 14.7. The van der Waals surface area contributed by atoms with Crippen molar-refractivity contribution in [1.82, 2.24) is 4.90 Å². The number of ether oxygens (including phenoxy) is 1. The number of aryl methyl sites for hydroxylation is 1. The molecule has 0 spiro atoms. The fraction of sp³-hybridized carbons (Fsp3) is 0.385. The van der Waals surface area contributed by atoms with E-state index in [2.05, 4.69) is 49.9 Å². The second kappa shape index (κ2) is 10.4. The molecule has 0 amide bonds. The number of aliphatic hydroxyl groups excluding tert-OH is 1. The summed E-state index contributed by atoms with van der Waals surface area (Å²) in [6.07, 6.45) is 1.04. The van der Waals surface area contributed by atoms with E-state index in [0.717, 1.165) is 11.3 Å². The van der Waals surface area contributed by atoms with Gasteiger partial charge in [0, 0.05) is 18.1 Å². The Morgan fingerprint density at radius 3 is 2.42 bits per heavy atom. The largest absolute Gasteiger partial charge is 0.491 e. The number of rotatable bonds is 9. The summed E-state index contributed by atoms with van der Waals surface area (Å²) in [5.41, 5.74) is 3.58. The fourth-order valence-corrected chi connectivity index (χ4v) is 3.54. The van der Waals surface area contributed by atoms with Crippen molar-refractivity contribution in [3.05, 3.63) is 88.3 Å². The van der Waals surface area contributed by atoms with Crippen LogP contribution in [0.3, 0.4) is 0 Å². The van der Waals surface area contributed by atoms with Crippen molar-refractivity contribution in [1.29, 1.82) is 0 Å². The summed E-state index contributed by atoms with van der Waals surface area (Å²) in [6.45, 7) is 10.6. The van der Waals surface area contributed by atoms with E-state index in [4.69, 9.17) is 20.8 Å². The summed E-state index contributed by atoms with van der Waals surface area (Å²) in [7, 11) is 0. The quantitative estimate of drug-likeness (QED) is 0.443. The molecule has 4 nitrogen and oxygen atoms in total. The van der Waals surface area contributed by atoms with Crippen molar-refractivity contribution in [2.45, 2.75) is 52.3 Å². The van der Waals surface area contributed by atoms with Crippen LogP contribution < -0.4 is 4.74 Å². The molecule has 0 aliphatic carbocycles. The van der Waals surface area contributed by atoms with Gasteiger partial charge in [0.25, 0.3) is 0 Å². The van der Waals surface area contributed by atoms with E-state index in [1.165, 1.54) is 11.1 Å². The van der Waals surface area contributed by atoms with Crippen molar-refractivity contribution in [3.63, 3.8) is 0 Å². The highest BCUT2D eigenvalue weighted by molar-refractivity contribution is 6.31. The Hall–Kier alpha value is -2.27. The van der Waals surface area contributed by atoms with E-state index in [0.29, 0.717) is 30.4 Å². The summed E-state index contributed by atoms with van der Waals surface area (Å²) in [4.78, 5) is 2.17. The van der Waals surface area contributed by atoms with Crippen LogP contribution in [-0.2, 0) is 18.5 Å². The van der Waals surface area contributed by atoms with Crippen molar-refractivity contribution >= 4 is 11.6 Å². The molecule has 2 aromatic carbocycles. The Morgan fingerprint density at radius 2 is 1.81 bits per heavy atom. The van der Waals surface area contributed by atoms with Gasteiger partial charge >= 0.3 is 0 Å². The Labute approximate surface area is 190 Å². The van der Waals surface area contributed by atoms with Gasteiger partial charge in [-0.05, 0) is 59.4 Å². The van der Waals surface area contributed by atoms with Gasteiger partial charge in [-0.15, -0.1) is 0 Å². The van der Waals surface area contributed by atoms with Crippen LogP contribution in [0, 0.1) is 6.92 Å². The molecule has 0 aliphatic heterocycles. The molecular weight excluding hydrogens is 410 g/mol. The summed E-state index contributed by atoms with van der Waals surface area (Å²) in [5.74, 6) is 1.57. The van der Waals surface area contributed by atoms with E-state index >= 15 is 0 Å². The molecule has 3 rings (SSSR count). The molecule has 1 unspecified atom stereocenters. The Morgan fingerprint density at radius 1 is 1.06 bits per heavy atom. The van der Waals surface area contributed by atoms with Crippen molar-refractivity contribution in [2.75, 3.05) is 13.2 Å². The summed E-state index contributed by atoms with van der Waals surface area (Å²) < 4.78 is 11.3. The lowest BCUT2D eigenvalue weighted by Crippen LogP contribution is -2.35. The van der Waals surface area contributed by atoms with Crippen molar-refractivity contribution in [2.24, 2.45) is 0 Å². The predicted molar refractivity (Wildman–Crippen MR) is 126 cm³/mol. The number of hydrogen-bond acceptors (Lipinski definition) is 4. The van der Waals surface area contributed by atoms with Crippen LogP contribution >= 0.6 is 11.6 Å². The topological polar surface area (TPSA) is 45.8 Å². The molecule has 3 aromatic rings. The normalized spacial score (nSPS) is 12.9. The molecule has 31 heavy (non-hydrogen) atoms. The smallest absolute Gasteiger partial charge is 0.119 e. The van der Waals surface area contributed by atoms with Gasteiger partial charge in [-0.25, -0.2) is 0 Å². The van der Waals surface area contributed by atoms with E-state index in [9.17, 15) is 5.11 Å². The summed E-state index contributed by atoms with van der Waals surface area (Å²) in [5, 5.41) is 11.3. The Balaban J connectivity index is 1.63. The molecule has 166 valence electrons. The van der Waals surface area contributed by atoms with Gasteiger partial charge in [0.15, 0.2) is 0 Å². The summed E-state index contributed by atoms with van der Waals surface area (Å²) >= 11 is 6.07. The van der Waals surface area contributed by atoms with E-state index in [-0.39, 0.29) is 12.0 Å². The zero-order valence-corrected chi connectivity index (χ0v) is 19.5. The maximum absolute atomic E-state index is 10.6. The molecule has 0 fully saturated rings. The van der Waals surface area contributed by atoms with Gasteiger partial charge in [-0.2, -0.15) is 0 Å². The standard InChI is InChI=1S/C26H32ClNO3/c1-19-14-23(11-12-25(19)27)31-18-22(29)16-28(17-24-6-5-13-30-24)15-20-7-9-21(10-8-20)26(2,3)4/h5-14,22,29H,15-18H2,1-4H3. The third-order valence-corrected chi connectivity index (χ3v) is 5.65. The lowest BCUT2D eigenvalue weighted by Gasteiger charge is -2.25. The minimum Gasteiger partial charge on any atom is -0.491 e. The third-order valence-electron chi connectivity index (χ3n) is 5.23. The molecule has 0 saturated heterocycles. The molecule has 1 atom stereocenters. The number of halogens is 1. The highest BCUT2D eigenvalue weighted by atomic mass is 35.5. The number of furan rings is 1. The molecule has 1 aromatic heterocycles. The lowest BCUT2D eigenvalue weighted by atomic mass is 9.87. The third kappa shape index (κ3) is 7.13. The SMILES string of the molecule is Cc1cc(OCC(O)CN(Cc2ccc(C(C)(C)C)cc2)Cc2ccco2)ccc1Cl. The first-order valence-electron chi connectivity index (χ1n) is 10.6. The van der Waals surface area contributed by atoms with Crippen LogP contribution in [0.2, 0.25) is 5.02 Å². The molecule has 0 bridgehead atoms. The first-order valence-corrected chi connectivity index (χ1v) is 11.0. The molecule has 5 heteroatoms. The first kappa shape index (κ1) is 23.4. The number of nitrogens with zero attached hydrogens (tertiary/aromatic N) is 1. The van der Waals surface area contributed by atoms with Crippen LogP contribution in [0.25, 0.3) is 0 Å². The highest BCUT2D eigenvalue weighted by Gasteiger charge is 2.17. The minimum absolute atomic E-state index is 0.125. The van der Waals surface area contributed by atoms with Crippen molar-refractivity contribution < 1.29 is 14.3 Å². The van der Waals surface area contributed by atoms with Gasteiger partial charge in [0.1, 0.15) is 24.2 Å². The number of benzene rings is 2. The van der Waals surface area contributed by atoms with Gasteiger partial charge in [0.2, 0.25) is 0 Å². The molecule has 1 heterocycles. The van der Waals surface area contributed by atoms with Crippen LogP contribution in [0.1, 0.15) is 43.2 Å². The second-order valence-electron chi connectivity index (χ2n) is 9.07. The van der Waals surface area contributed by atoms with Crippen LogP contribution in [0.4, 0.5) is 0 Å². The van der Waals surface area contributed by atoms with Gasteiger partial charge < -0.3 is 14.3 Å². The summed E-state index contributed by atoms with van der Waals surface area (Å²) in [6, 6.07) is 18.0. The maximum atomic E-state index is 10.6. The monoisotopic (exact) mass is 441 g/mol. The molecule has 0 saturated carbocycles. The number of aliphatic hydroxyl groups is 1. The van der Waals surface area contributed by atoms with Crippen LogP contribution in [0.5, 0.6) is 5.75 Å². The molecule has 1 N–H and O–H groups in total. The van der Waals surface area contributed by atoms with E-state index < -0.39 is 6.10 Å².